The van der Waals surface area contributed by atoms with Gasteiger partial charge in [-0.25, -0.2) is 0 Å². The molecule has 0 aliphatic heterocycles. The summed E-state index contributed by atoms with van der Waals surface area (Å²) in [7, 11) is 0. The Kier molecular flexibility index (Phi) is 2.69. The van der Waals surface area contributed by atoms with Gasteiger partial charge in [-0.05, 0) is 60.8 Å². The van der Waals surface area contributed by atoms with Gasteiger partial charge in [0.05, 0.1) is 22.1 Å². The predicted molar refractivity (Wildman–Crippen MR) is 90.2 cm³/mol. The van der Waals surface area contributed by atoms with Crippen molar-refractivity contribution < 1.29 is 0 Å². The summed E-state index contributed by atoms with van der Waals surface area (Å²) in [5, 5.41) is 3.37. The number of benzene rings is 2. The van der Waals surface area contributed by atoms with Gasteiger partial charge in [0, 0.05) is 11.4 Å². The molecule has 0 aliphatic rings. The predicted octanol–water partition coefficient (Wildman–Crippen LogP) is 4.51. The Balaban J connectivity index is 1.74. The second kappa shape index (κ2) is 4.57. The molecule has 104 valence electrons. The van der Waals surface area contributed by atoms with E-state index in [1.807, 2.05) is 36.4 Å². The van der Waals surface area contributed by atoms with Crippen LogP contribution >= 0.6 is 24.4 Å². The van der Waals surface area contributed by atoms with Crippen molar-refractivity contribution in [3.63, 3.8) is 0 Å². The normalized spacial score (nSPS) is 11.2. The Bertz CT molecular complexity index is 980. The van der Waals surface area contributed by atoms with Crippen LogP contribution in [0.3, 0.4) is 0 Å². The van der Waals surface area contributed by atoms with E-state index in [-0.39, 0.29) is 0 Å². The van der Waals surface area contributed by atoms with Crippen LogP contribution in [0.15, 0.2) is 36.4 Å². The lowest BCUT2D eigenvalue weighted by atomic mass is 10.2. The number of aromatic amines is 4. The standard InChI is InChI=1S/C14H11N5S2/c20-13-16-9-3-1-7(5-11(9)18-13)15-8-2-4-10-12(6-8)19-14(21)17-10/h1-6,15H,(H2,16,18,20)(H2,17,19,21). The van der Waals surface area contributed by atoms with E-state index in [1.165, 1.54) is 0 Å². The molecule has 21 heavy (non-hydrogen) atoms. The van der Waals surface area contributed by atoms with Crippen molar-refractivity contribution in [3.8, 4) is 0 Å². The third-order valence-corrected chi connectivity index (χ3v) is 3.73. The Labute approximate surface area is 129 Å². The van der Waals surface area contributed by atoms with E-state index >= 15 is 0 Å². The van der Waals surface area contributed by atoms with Gasteiger partial charge >= 0.3 is 0 Å². The van der Waals surface area contributed by atoms with Crippen molar-refractivity contribution in [2.24, 2.45) is 0 Å². The van der Waals surface area contributed by atoms with E-state index in [1.54, 1.807) is 0 Å². The zero-order valence-corrected chi connectivity index (χ0v) is 12.4. The van der Waals surface area contributed by atoms with Crippen LogP contribution in [0.1, 0.15) is 0 Å². The molecule has 2 aromatic heterocycles. The molecular formula is C14H11N5S2. The highest BCUT2D eigenvalue weighted by molar-refractivity contribution is 7.71. The minimum atomic E-state index is 0.628. The van der Waals surface area contributed by atoms with Gasteiger partial charge in [-0.15, -0.1) is 0 Å². The first-order valence-corrected chi connectivity index (χ1v) is 7.20. The maximum absolute atomic E-state index is 5.09. The molecule has 4 aromatic rings. The third kappa shape index (κ3) is 2.26. The monoisotopic (exact) mass is 313 g/mol. The lowest BCUT2D eigenvalue weighted by Crippen LogP contribution is -1.90. The van der Waals surface area contributed by atoms with E-state index in [0.717, 1.165) is 33.4 Å². The molecule has 0 aliphatic carbocycles. The summed E-state index contributed by atoms with van der Waals surface area (Å²) in [5.41, 5.74) is 5.92. The van der Waals surface area contributed by atoms with Crippen LogP contribution in [-0.2, 0) is 0 Å². The molecule has 0 atom stereocenters. The summed E-state index contributed by atoms with van der Waals surface area (Å²) in [5.74, 6) is 0. The number of H-pyrrole nitrogens is 4. The van der Waals surface area contributed by atoms with Crippen LogP contribution < -0.4 is 5.32 Å². The smallest absolute Gasteiger partial charge is 0.175 e. The molecule has 5 nitrogen and oxygen atoms in total. The largest absolute Gasteiger partial charge is 0.355 e. The maximum Gasteiger partial charge on any atom is 0.175 e. The van der Waals surface area contributed by atoms with Crippen molar-refractivity contribution in [1.29, 1.82) is 0 Å². The number of imidazole rings is 2. The quantitative estimate of drug-likeness (QED) is 0.353. The molecular weight excluding hydrogens is 302 g/mol. The first-order chi connectivity index (χ1) is 10.2. The summed E-state index contributed by atoms with van der Waals surface area (Å²) >= 11 is 10.2. The fourth-order valence-electron chi connectivity index (χ4n) is 2.39. The third-order valence-electron chi connectivity index (χ3n) is 3.32. The first kappa shape index (κ1) is 12.4. The van der Waals surface area contributed by atoms with Crippen LogP contribution in [0.5, 0.6) is 0 Å². The maximum atomic E-state index is 5.09. The summed E-state index contributed by atoms with van der Waals surface area (Å²) < 4.78 is 1.26. The second-order valence-electron chi connectivity index (χ2n) is 4.80. The fraction of sp³-hybridized carbons (Fsp3) is 0. The number of rotatable bonds is 2. The highest BCUT2D eigenvalue weighted by Gasteiger charge is 2.02. The zero-order chi connectivity index (χ0) is 14.4. The molecule has 0 saturated heterocycles. The number of hydrogen-bond donors (Lipinski definition) is 5. The molecule has 0 amide bonds. The topological polar surface area (TPSA) is 75.2 Å². The van der Waals surface area contributed by atoms with Gasteiger partial charge in [0.15, 0.2) is 9.54 Å². The van der Waals surface area contributed by atoms with Gasteiger partial charge in [0.25, 0.3) is 0 Å². The second-order valence-corrected chi connectivity index (χ2v) is 5.62. The van der Waals surface area contributed by atoms with Crippen molar-refractivity contribution in [1.82, 2.24) is 19.9 Å². The average molecular weight is 313 g/mol. The van der Waals surface area contributed by atoms with Crippen LogP contribution in [0.25, 0.3) is 22.1 Å². The molecule has 4 rings (SSSR count). The lowest BCUT2D eigenvalue weighted by Gasteiger charge is -2.06. The minimum absolute atomic E-state index is 0.628. The van der Waals surface area contributed by atoms with Gasteiger partial charge in [-0.1, -0.05) is 0 Å². The van der Waals surface area contributed by atoms with Gasteiger partial charge in [0.2, 0.25) is 0 Å². The number of anilines is 2. The van der Waals surface area contributed by atoms with Gasteiger partial charge in [0.1, 0.15) is 0 Å². The first-order valence-electron chi connectivity index (χ1n) is 6.38. The lowest BCUT2D eigenvalue weighted by molar-refractivity contribution is 1.30. The fourth-order valence-corrected chi connectivity index (χ4v) is 2.83. The Hall–Kier alpha value is -2.38. The Morgan fingerprint density at radius 1 is 0.619 bits per heavy atom. The molecule has 0 fully saturated rings. The highest BCUT2D eigenvalue weighted by Crippen LogP contribution is 2.23. The molecule has 2 aromatic carbocycles. The van der Waals surface area contributed by atoms with Crippen LogP contribution in [0.2, 0.25) is 0 Å². The summed E-state index contributed by atoms with van der Waals surface area (Å²) in [4.78, 5) is 12.4. The zero-order valence-electron chi connectivity index (χ0n) is 10.8. The molecule has 0 spiro atoms. The van der Waals surface area contributed by atoms with Crippen molar-refractivity contribution in [2.45, 2.75) is 0 Å². The average Bonchev–Trinajstić information content (AvgIpc) is 2.98. The highest BCUT2D eigenvalue weighted by atomic mass is 32.1. The number of fused-ring (bicyclic) bond motifs is 2. The van der Waals surface area contributed by atoms with E-state index < -0.39 is 0 Å². The molecule has 5 N–H and O–H groups in total. The van der Waals surface area contributed by atoms with Crippen molar-refractivity contribution in [2.75, 3.05) is 5.32 Å². The minimum Gasteiger partial charge on any atom is -0.355 e. The van der Waals surface area contributed by atoms with Crippen LogP contribution in [-0.4, -0.2) is 19.9 Å². The van der Waals surface area contributed by atoms with E-state index in [2.05, 4.69) is 25.3 Å². The molecule has 2 heterocycles. The summed E-state index contributed by atoms with van der Waals surface area (Å²) in [6, 6.07) is 12.0. The number of aromatic nitrogens is 4. The van der Waals surface area contributed by atoms with E-state index in [9.17, 15) is 0 Å². The van der Waals surface area contributed by atoms with Gasteiger partial charge in [-0.3, -0.25) is 0 Å². The number of nitrogens with one attached hydrogen (secondary N) is 5. The van der Waals surface area contributed by atoms with Crippen molar-refractivity contribution in [3.05, 3.63) is 45.9 Å². The molecule has 7 heteroatoms. The summed E-state index contributed by atoms with van der Waals surface area (Å²) in [6.45, 7) is 0. The Morgan fingerprint density at radius 2 is 1.05 bits per heavy atom. The molecule has 0 radical (unpaired) electrons. The van der Waals surface area contributed by atoms with Gasteiger partial charge < -0.3 is 25.3 Å². The summed E-state index contributed by atoms with van der Waals surface area (Å²) in [6.07, 6.45) is 0. The number of hydrogen-bond acceptors (Lipinski definition) is 3. The van der Waals surface area contributed by atoms with Crippen LogP contribution in [0, 0.1) is 9.54 Å². The molecule has 0 unspecified atom stereocenters. The molecule has 0 saturated carbocycles. The van der Waals surface area contributed by atoms with Crippen molar-refractivity contribution >= 4 is 57.9 Å². The van der Waals surface area contributed by atoms with E-state index in [4.69, 9.17) is 24.4 Å². The van der Waals surface area contributed by atoms with Crippen LogP contribution in [0.4, 0.5) is 11.4 Å². The van der Waals surface area contributed by atoms with E-state index in [0.29, 0.717) is 9.54 Å². The SMILES string of the molecule is S=c1[nH]c2ccc(Nc3ccc4[nH]c(=S)[nH]c4c3)cc2[nH]1. The van der Waals surface area contributed by atoms with Gasteiger partial charge in [-0.2, -0.15) is 0 Å². The Morgan fingerprint density at radius 3 is 1.52 bits per heavy atom. The molecule has 0 bridgehead atoms.